The van der Waals surface area contributed by atoms with Crippen LogP contribution in [-0.2, 0) is 16.4 Å². The zero-order chi connectivity index (χ0) is 20.4. The molecule has 6 heteroatoms. The fraction of sp³-hybridized carbons (Fsp3) is 0.174. The van der Waals surface area contributed by atoms with Crippen molar-refractivity contribution in [2.24, 2.45) is 0 Å². The largest absolute Gasteiger partial charge is 0.308 e. The molecule has 0 radical (unpaired) electrons. The van der Waals surface area contributed by atoms with Gasteiger partial charge in [-0.15, -0.1) is 0 Å². The summed E-state index contributed by atoms with van der Waals surface area (Å²) in [5.74, 6) is -0.121. The summed E-state index contributed by atoms with van der Waals surface area (Å²) >= 11 is 0. The molecule has 3 aromatic carbocycles. The lowest BCUT2D eigenvalue weighted by atomic mass is 10.0. The monoisotopic (exact) mass is 406 g/mol. The lowest BCUT2D eigenvalue weighted by Gasteiger charge is -2.30. The molecule has 1 aliphatic rings. The highest BCUT2D eigenvalue weighted by atomic mass is 32.2. The molecule has 0 saturated carbocycles. The van der Waals surface area contributed by atoms with Gasteiger partial charge in [-0.3, -0.25) is 9.10 Å². The summed E-state index contributed by atoms with van der Waals surface area (Å²) in [6.07, 6.45) is 1.86. The van der Waals surface area contributed by atoms with Crippen LogP contribution in [0.1, 0.15) is 22.3 Å². The van der Waals surface area contributed by atoms with Crippen molar-refractivity contribution in [1.29, 1.82) is 0 Å². The highest BCUT2D eigenvalue weighted by Crippen LogP contribution is 2.29. The van der Waals surface area contributed by atoms with E-state index < -0.39 is 10.0 Å². The van der Waals surface area contributed by atoms with E-state index in [4.69, 9.17) is 0 Å². The minimum absolute atomic E-state index is 0.121. The molecule has 0 unspecified atom stereocenters. The van der Waals surface area contributed by atoms with Crippen molar-refractivity contribution in [1.82, 2.24) is 0 Å². The molecule has 1 aliphatic heterocycles. The number of amides is 1. The first-order chi connectivity index (χ1) is 14.0. The van der Waals surface area contributed by atoms with Crippen LogP contribution in [0.2, 0.25) is 0 Å². The number of rotatable bonds is 4. The van der Waals surface area contributed by atoms with Gasteiger partial charge in [0.15, 0.2) is 0 Å². The Balaban J connectivity index is 1.65. The quantitative estimate of drug-likeness (QED) is 0.655. The molecular formula is C23H22N2O3S. The topological polar surface area (TPSA) is 57.7 Å². The van der Waals surface area contributed by atoms with Gasteiger partial charge in [-0.05, 0) is 54.8 Å². The smallest absolute Gasteiger partial charge is 0.264 e. The van der Waals surface area contributed by atoms with Crippen molar-refractivity contribution in [2.75, 3.05) is 22.8 Å². The fourth-order valence-corrected chi connectivity index (χ4v) is 4.83. The van der Waals surface area contributed by atoms with Crippen molar-refractivity contribution >= 4 is 27.3 Å². The molecule has 0 N–H and O–H groups in total. The normalized spacial score (nSPS) is 13.6. The van der Waals surface area contributed by atoms with Gasteiger partial charge < -0.3 is 4.90 Å². The van der Waals surface area contributed by atoms with Gasteiger partial charge in [0.1, 0.15) is 0 Å². The van der Waals surface area contributed by atoms with Crippen LogP contribution in [0.5, 0.6) is 0 Å². The molecule has 0 atom stereocenters. The van der Waals surface area contributed by atoms with Crippen LogP contribution >= 0.6 is 0 Å². The van der Waals surface area contributed by atoms with Crippen molar-refractivity contribution < 1.29 is 13.2 Å². The predicted octanol–water partition coefficient (Wildman–Crippen LogP) is 4.10. The first-order valence-electron chi connectivity index (χ1n) is 9.52. The number of benzene rings is 3. The average molecular weight is 407 g/mol. The molecule has 29 heavy (non-hydrogen) atoms. The summed E-state index contributed by atoms with van der Waals surface area (Å²) in [6, 6.07) is 23.0. The van der Waals surface area contributed by atoms with Crippen molar-refractivity contribution in [3.8, 4) is 0 Å². The maximum Gasteiger partial charge on any atom is 0.264 e. The van der Waals surface area contributed by atoms with Crippen LogP contribution in [0, 0.1) is 0 Å². The summed E-state index contributed by atoms with van der Waals surface area (Å²) in [5.41, 5.74) is 3.01. The Morgan fingerprint density at radius 3 is 2.45 bits per heavy atom. The molecule has 0 fully saturated rings. The second-order valence-corrected chi connectivity index (χ2v) is 8.99. The Labute approximate surface area is 171 Å². The summed E-state index contributed by atoms with van der Waals surface area (Å²) in [6.45, 7) is 0.651. The minimum atomic E-state index is -3.70. The molecule has 0 aromatic heterocycles. The molecule has 4 rings (SSSR count). The van der Waals surface area contributed by atoms with Gasteiger partial charge in [0.2, 0.25) is 0 Å². The van der Waals surface area contributed by atoms with E-state index in [0.29, 0.717) is 17.8 Å². The van der Waals surface area contributed by atoms with Gasteiger partial charge in [0, 0.05) is 24.8 Å². The Morgan fingerprint density at radius 2 is 1.66 bits per heavy atom. The molecule has 1 amide bonds. The molecule has 0 spiro atoms. The Morgan fingerprint density at radius 1 is 0.931 bits per heavy atom. The van der Waals surface area contributed by atoms with Crippen LogP contribution in [0.15, 0.2) is 83.8 Å². The van der Waals surface area contributed by atoms with Crippen LogP contribution in [0.4, 0.5) is 11.4 Å². The maximum absolute atomic E-state index is 13.2. The third-order valence-electron chi connectivity index (χ3n) is 5.21. The zero-order valence-electron chi connectivity index (χ0n) is 16.2. The summed E-state index contributed by atoms with van der Waals surface area (Å²) < 4.78 is 27.0. The van der Waals surface area contributed by atoms with Gasteiger partial charge in [-0.2, -0.15) is 0 Å². The second kappa shape index (κ2) is 7.72. The van der Waals surface area contributed by atoms with E-state index >= 15 is 0 Å². The maximum atomic E-state index is 13.2. The third-order valence-corrected chi connectivity index (χ3v) is 7.01. The highest BCUT2D eigenvalue weighted by Gasteiger charge is 2.25. The van der Waals surface area contributed by atoms with Gasteiger partial charge in [0.25, 0.3) is 15.9 Å². The summed E-state index contributed by atoms with van der Waals surface area (Å²) in [7, 11) is -2.20. The van der Waals surface area contributed by atoms with Crippen LogP contribution in [-0.4, -0.2) is 27.9 Å². The Bertz CT molecular complexity index is 1140. The number of hydrogen-bond acceptors (Lipinski definition) is 3. The number of hydrogen-bond donors (Lipinski definition) is 0. The first-order valence-corrected chi connectivity index (χ1v) is 11.0. The first kappa shape index (κ1) is 19.2. The standard InChI is InChI=1S/C23H22N2O3S/c1-24(29(27,28)21-13-3-2-4-14-21)20-12-7-10-19(17-20)23(26)25-16-8-11-18-9-5-6-15-22(18)25/h2-7,9-10,12-15,17H,8,11,16H2,1H3. The van der Waals surface area contributed by atoms with Gasteiger partial charge >= 0.3 is 0 Å². The van der Waals surface area contributed by atoms with E-state index in [1.807, 2.05) is 24.3 Å². The lowest BCUT2D eigenvalue weighted by molar-refractivity contribution is 0.0985. The van der Waals surface area contributed by atoms with Gasteiger partial charge in [-0.1, -0.05) is 42.5 Å². The Kier molecular flexibility index (Phi) is 5.11. The molecule has 1 heterocycles. The van der Waals surface area contributed by atoms with Crippen molar-refractivity contribution in [3.05, 3.63) is 90.0 Å². The van der Waals surface area contributed by atoms with Crippen molar-refractivity contribution in [2.45, 2.75) is 17.7 Å². The number of para-hydroxylation sites is 1. The molecular weight excluding hydrogens is 384 g/mol. The van der Waals surface area contributed by atoms with E-state index in [-0.39, 0.29) is 10.8 Å². The number of carbonyl (C=O) groups is 1. The molecule has 3 aromatic rings. The predicted molar refractivity (Wildman–Crippen MR) is 115 cm³/mol. The van der Waals surface area contributed by atoms with E-state index in [9.17, 15) is 13.2 Å². The summed E-state index contributed by atoms with van der Waals surface area (Å²) in [5, 5.41) is 0. The van der Waals surface area contributed by atoms with Crippen LogP contribution in [0.25, 0.3) is 0 Å². The molecule has 0 aliphatic carbocycles. The second-order valence-electron chi connectivity index (χ2n) is 7.02. The average Bonchev–Trinajstić information content (AvgIpc) is 2.78. The number of anilines is 2. The molecule has 5 nitrogen and oxygen atoms in total. The van der Waals surface area contributed by atoms with E-state index in [2.05, 4.69) is 0 Å². The number of aryl methyl sites for hydroxylation is 1. The van der Waals surface area contributed by atoms with E-state index in [1.165, 1.54) is 11.4 Å². The minimum Gasteiger partial charge on any atom is -0.308 e. The number of sulfonamides is 1. The molecule has 0 bridgehead atoms. The van der Waals surface area contributed by atoms with Crippen molar-refractivity contribution in [3.63, 3.8) is 0 Å². The fourth-order valence-electron chi connectivity index (χ4n) is 3.62. The number of nitrogens with zero attached hydrogens (tertiary/aromatic N) is 2. The zero-order valence-corrected chi connectivity index (χ0v) is 17.0. The van der Waals surface area contributed by atoms with Gasteiger partial charge in [0.05, 0.1) is 10.6 Å². The summed E-state index contributed by atoms with van der Waals surface area (Å²) in [4.78, 5) is 15.2. The van der Waals surface area contributed by atoms with E-state index in [0.717, 1.165) is 24.1 Å². The SMILES string of the molecule is CN(c1cccc(C(=O)N2CCCc3ccccc32)c1)S(=O)(=O)c1ccccc1. The van der Waals surface area contributed by atoms with Crippen LogP contribution in [0.3, 0.4) is 0 Å². The van der Waals surface area contributed by atoms with E-state index in [1.54, 1.807) is 59.5 Å². The highest BCUT2D eigenvalue weighted by molar-refractivity contribution is 7.92. The molecule has 148 valence electrons. The van der Waals surface area contributed by atoms with Gasteiger partial charge in [-0.25, -0.2) is 8.42 Å². The third kappa shape index (κ3) is 3.63. The number of carbonyl (C=O) groups excluding carboxylic acids is 1. The molecule has 0 saturated heterocycles. The van der Waals surface area contributed by atoms with Crippen LogP contribution < -0.4 is 9.21 Å². The number of fused-ring (bicyclic) bond motifs is 1. The Hall–Kier alpha value is -3.12. The lowest BCUT2D eigenvalue weighted by Crippen LogP contribution is -2.35.